The monoisotopic (exact) mass is 240 g/mol. The minimum Gasteiger partial charge on any atom is -0.0654 e. The predicted molar refractivity (Wildman–Crippen MR) is 80.3 cm³/mol. The van der Waals surface area contributed by atoms with Gasteiger partial charge in [0.15, 0.2) is 0 Å². The molecule has 0 aromatic carbocycles. The average molecular weight is 240 g/mol. The molecule has 0 nitrogen and oxygen atoms in total. The summed E-state index contributed by atoms with van der Waals surface area (Å²) in [6.45, 7) is 19.2. The Morgan fingerprint density at radius 1 is 0.941 bits per heavy atom. The average Bonchev–Trinajstić information content (AvgIpc) is 2.21. The van der Waals surface area contributed by atoms with Crippen LogP contribution < -0.4 is 0 Å². The first-order valence-corrected chi connectivity index (χ1v) is 7.73. The molecule has 0 aromatic heterocycles. The fraction of sp³-hybridized carbons (Fsp3) is 1.00. The molecule has 3 unspecified atom stereocenters. The second-order valence-electron chi connectivity index (χ2n) is 7.39. The molecule has 3 atom stereocenters. The van der Waals surface area contributed by atoms with Crippen LogP contribution in [-0.4, -0.2) is 0 Å². The third kappa shape index (κ3) is 5.93. The molecule has 0 radical (unpaired) electrons. The van der Waals surface area contributed by atoms with Crippen LogP contribution in [0.25, 0.3) is 0 Å². The Bertz CT molecular complexity index is 185. The van der Waals surface area contributed by atoms with Crippen LogP contribution in [0, 0.1) is 29.1 Å². The third-order valence-corrected chi connectivity index (χ3v) is 4.63. The van der Waals surface area contributed by atoms with Crippen molar-refractivity contribution in [2.75, 3.05) is 0 Å². The number of hydrogen-bond donors (Lipinski definition) is 0. The molecule has 104 valence electrons. The van der Waals surface area contributed by atoms with Crippen LogP contribution in [0.1, 0.15) is 81.1 Å². The molecule has 0 aliphatic carbocycles. The van der Waals surface area contributed by atoms with Gasteiger partial charge >= 0.3 is 0 Å². The first-order chi connectivity index (χ1) is 7.73. The van der Waals surface area contributed by atoms with Crippen molar-refractivity contribution in [3.05, 3.63) is 0 Å². The summed E-state index contributed by atoms with van der Waals surface area (Å²) in [5.74, 6) is 3.47. The zero-order valence-electron chi connectivity index (χ0n) is 13.6. The largest absolute Gasteiger partial charge is 0.0654 e. The normalized spacial score (nSPS) is 18.2. The summed E-state index contributed by atoms with van der Waals surface area (Å²) in [5.41, 5.74) is 0.457. The van der Waals surface area contributed by atoms with E-state index in [2.05, 4.69) is 55.4 Å². The van der Waals surface area contributed by atoms with Gasteiger partial charge in [0, 0.05) is 0 Å². The Kier molecular flexibility index (Phi) is 7.44. The van der Waals surface area contributed by atoms with Crippen LogP contribution in [-0.2, 0) is 0 Å². The minimum absolute atomic E-state index is 0.457. The van der Waals surface area contributed by atoms with Gasteiger partial charge in [0.2, 0.25) is 0 Å². The van der Waals surface area contributed by atoms with Crippen LogP contribution >= 0.6 is 0 Å². The van der Waals surface area contributed by atoms with E-state index >= 15 is 0 Å². The summed E-state index contributed by atoms with van der Waals surface area (Å²) in [6, 6.07) is 0. The lowest BCUT2D eigenvalue weighted by Gasteiger charge is -2.39. The fourth-order valence-corrected chi connectivity index (χ4v) is 2.99. The molecule has 17 heavy (non-hydrogen) atoms. The maximum Gasteiger partial charge on any atom is -0.0334 e. The van der Waals surface area contributed by atoms with Gasteiger partial charge in [-0.15, -0.1) is 0 Å². The highest BCUT2D eigenvalue weighted by Gasteiger charge is 2.32. The lowest BCUT2D eigenvalue weighted by Crippen LogP contribution is -2.30. The van der Waals surface area contributed by atoms with Crippen molar-refractivity contribution in [1.29, 1.82) is 0 Å². The van der Waals surface area contributed by atoms with Crippen LogP contribution in [0.15, 0.2) is 0 Å². The molecule has 0 saturated heterocycles. The molecule has 0 aromatic rings. The molecule has 0 aliphatic rings. The Balaban J connectivity index is 4.75. The van der Waals surface area contributed by atoms with E-state index in [1.165, 1.54) is 25.7 Å². The summed E-state index contributed by atoms with van der Waals surface area (Å²) in [5, 5.41) is 0. The SMILES string of the molecule is CCCC(CC)C(CC(C)C(C)C)C(C)(C)C. The molecule has 0 saturated carbocycles. The highest BCUT2D eigenvalue weighted by Crippen LogP contribution is 2.41. The molecular formula is C17H36. The Morgan fingerprint density at radius 3 is 1.76 bits per heavy atom. The smallest absolute Gasteiger partial charge is 0.0334 e. The zero-order chi connectivity index (χ0) is 13.6. The summed E-state index contributed by atoms with van der Waals surface area (Å²) >= 11 is 0. The molecule has 0 spiro atoms. The quantitative estimate of drug-likeness (QED) is 0.500. The van der Waals surface area contributed by atoms with Crippen LogP contribution in [0.4, 0.5) is 0 Å². The van der Waals surface area contributed by atoms with Crippen molar-refractivity contribution < 1.29 is 0 Å². The Morgan fingerprint density at radius 2 is 1.47 bits per heavy atom. The molecule has 0 rings (SSSR count). The number of hydrogen-bond acceptors (Lipinski definition) is 0. The van der Waals surface area contributed by atoms with Gasteiger partial charge in [0.05, 0.1) is 0 Å². The van der Waals surface area contributed by atoms with Crippen molar-refractivity contribution in [3.63, 3.8) is 0 Å². The van der Waals surface area contributed by atoms with E-state index in [-0.39, 0.29) is 0 Å². The first-order valence-electron chi connectivity index (χ1n) is 7.73. The van der Waals surface area contributed by atoms with Crippen molar-refractivity contribution in [1.82, 2.24) is 0 Å². The summed E-state index contributed by atoms with van der Waals surface area (Å²) in [4.78, 5) is 0. The van der Waals surface area contributed by atoms with Crippen molar-refractivity contribution >= 4 is 0 Å². The minimum atomic E-state index is 0.457. The van der Waals surface area contributed by atoms with E-state index < -0.39 is 0 Å². The summed E-state index contributed by atoms with van der Waals surface area (Å²) in [6.07, 6.45) is 5.49. The van der Waals surface area contributed by atoms with E-state index in [0.29, 0.717) is 5.41 Å². The standard InChI is InChI=1S/C17H36/c1-9-11-15(10-2)16(17(6,7)8)12-14(5)13(3)4/h13-16H,9-12H2,1-8H3. The van der Waals surface area contributed by atoms with Gasteiger partial charge in [-0.25, -0.2) is 0 Å². The number of rotatable bonds is 7. The predicted octanol–water partition coefficient (Wildman–Crippen LogP) is 6.16. The van der Waals surface area contributed by atoms with Crippen molar-refractivity contribution in [2.45, 2.75) is 81.1 Å². The van der Waals surface area contributed by atoms with Gasteiger partial charge in [-0.1, -0.05) is 74.7 Å². The van der Waals surface area contributed by atoms with E-state index in [4.69, 9.17) is 0 Å². The molecule has 0 N–H and O–H groups in total. The molecule has 0 aliphatic heterocycles. The van der Waals surface area contributed by atoms with Gasteiger partial charge in [0.1, 0.15) is 0 Å². The molecule has 0 bridgehead atoms. The zero-order valence-corrected chi connectivity index (χ0v) is 13.6. The van der Waals surface area contributed by atoms with Gasteiger partial charge in [-0.05, 0) is 35.5 Å². The van der Waals surface area contributed by atoms with E-state index in [0.717, 1.165) is 23.7 Å². The molecule has 0 heteroatoms. The van der Waals surface area contributed by atoms with Crippen LogP contribution in [0.3, 0.4) is 0 Å². The highest BCUT2D eigenvalue weighted by molar-refractivity contribution is 4.82. The maximum absolute atomic E-state index is 2.43. The molecule has 0 amide bonds. The molecular weight excluding hydrogens is 204 g/mol. The van der Waals surface area contributed by atoms with E-state index in [1.54, 1.807) is 0 Å². The van der Waals surface area contributed by atoms with Crippen LogP contribution in [0.2, 0.25) is 0 Å². The van der Waals surface area contributed by atoms with Gasteiger partial charge < -0.3 is 0 Å². The molecule has 0 fully saturated rings. The lowest BCUT2D eigenvalue weighted by atomic mass is 9.66. The third-order valence-electron chi connectivity index (χ3n) is 4.63. The van der Waals surface area contributed by atoms with Gasteiger partial charge in [-0.2, -0.15) is 0 Å². The Hall–Kier alpha value is 0. The van der Waals surface area contributed by atoms with E-state index in [1.807, 2.05) is 0 Å². The highest BCUT2D eigenvalue weighted by atomic mass is 14.4. The fourth-order valence-electron chi connectivity index (χ4n) is 2.99. The molecule has 0 heterocycles. The summed E-state index contributed by atoms with van der Waals surface area (Å²) in [7, 11) is 0. The lowest BCUT2D eigenvalue weighted by molar-refractivity contribution is 0.106. The van der Waals surface area contributed by atoms with E-state index in [9.17, 15) is 0 Å². The Labute approximate surface area is 111 Å². The maximum atomic E-state index is 2.43. The second kappa shape index (κ2) is 7.44. The second-order valence-corrected chi connectivity index (χ2v) is 7.39. The van der Waals surface area contributed by atoms with Crippen molar-refractivity contribution in [3.8, 4) is 0 Å². The van der Waals surface area contributed by atoms with Crippen molar-refractivity contribution in [2.24, 2.45) is 29.1 Å². The topological polar surface area (TPSA) is 0 Å². The van der Waals surface area contributed by atoms with Gasteiger partial charge in [-0.3, -0.25) is 0 Å². The van der Waals surface area contributed by atoms with Crippen LogP contribution in [0.5, 0.6) is 0 Å². The summed E-state index contributed by atoms with van der Waals surface area (Å²) < 4.78 is 0. The van der Waals surface area contributed by atoms with Gasteiger partial charge in [0.25, 0.3) is 0 Å². The first kappa shape index (κ1) is 17.0.